The fraction of sp³-hybridized carbons (Fsp3) is 0.250. The van der Waals surface area contributed by atoms with E-state index in [-0.39, 0.29) is 18.2 Å². The van der Waals surface area contributed by atoms with Crippen molar-refractivity contribution in [1.82, 2.24) is 5.32 Å². The average molecular weight is 280 g/mol. The van der Waals surface area contributed by atoms with Crippen LogP contribution < -0.4 is 10.2 Å². The van der Waals surface area contributed by atoms with Gasteiger partial charge in [0.15, 0.2) is 0 Å². The zero-order chi connectivity index (χ0) is 13.8. The standard InChI is InChI=1S/C12H12N2O4S/c15-10(13-5-12(17)18)6-14-8-3-1-2-4-9(8)19-7-11(14)16/h1-4H,5-7H2,(H,13,15)(H,17,18). The number of nitrogens with zero attached hydrogens (tertiary/aromatic N) is 1. The minimum atomic E-state index is -1.12. The van der Waals surface area contributed by atoms with Crippen molar-refractivity contribution in [3.63, 3.8) is 0 Å². The van der Waals surface area contributed by atoms with Gasteiger partial charge >= 0.3 is 5.97 Å². The van der Waals surface area contributed by atoms with Gasteiger partial charge in [-0.15, -0.1) is 11.8 Å². The second-order valence-corrected chi connectivity index (χ2v) is 4.92. The minimum absolute atomic E-state index is 0.158. The van der Waals surface area contributed by atoms with Crippen LogP contribution in [0.2, 0.25) is 0 Å². The Hall–Kier alpha value is -2.02. The van der Waals surface area contributed by atoms with Gasteiger partial charge in [0.05, 0.1) is 11.4 Å². The fourth-order valence-corrected chi connectivity index (χ4v) is 2.64. The van der Waals surface area contributed by atoms with Crippen LogP contribution in [0.1, 0.15) is 0 Å². The molecule has 1 aromatic rings. The number of amides is 2. The Kier molecular flexibility index (Phi) is 4.06. The van der Waals surface area contributed by atoms with Gasteiger partial charge in [0.2, 0.25) is 11.8 Å². The lowest BCUT2D eigenvalue weighted by molar-refractivity contribution is -0.137. The highest BCUT2D eigenvalue weighted by atomic mass is 32.2. The largest absolute Gasteiger partial charge is 0.480 e. The highest BCUT2D eigenvalue weighted by molar-refractivity contribution is 8.00. The van der Waals surface area contributed by atoms with E-state index >= 15 is 0 Å². The third kappa shape index (κ3) is 3.25. The van der Waals surface area contributed by atoms with Gasteiger partial charge in [0.25, 0.3) is 0 Å². The van der Waals surface area contributed by atoms with Crippen LogP contribution in [0.15, 0.2) is 29.2 Å². The van der Waals surface area contributed by atoms with Crippen molar-refractivity contribution in [3.05, 3.63) is 24.3 Å². The predicted molar refractivity (Wildman–Crippen MR) is 70.2 cm³/mol. The number of nitrogens with one attached hydrogen (secondary N) is 1. The number of aliphatic carboxylic acids is 1. The van der Waals surface area contributed by atoms with E-state index in [0.29, 0.717) is 5.69 Å². The number of hydrogen-bond donors (Lipinski definition) is 2. The molecule has 1 aliphatic heterocycles. The Morgan fingerprint density at radius 2 is 2.11 bits per heavy atom. The van der Waals surface area contributed by atoms with E-state index in [4.69, 9.17) is 5.11 Å². The lowest BCUT2D eigenvalue weighted by atomic mass is 10.2. The summed E-state index contributed by atoms with van der Waals surface area (Å²) in [5.41, 5.74) is 0.689. The number of para-hydroxylation sites is 1. The molecule has 0 bridgehead atoms. The lowest BCUT2D eigenvalue weighted by Gasteiger charge is -2.28. The highest BCUT2D eigenvalue weighted by Gasteiger charge is 2.26. The normalized spacial score (nSPS) is 13.9. The van der Waals surface area contributed by atoms with Gasteiger partial charge < -0.3 is 15.3 Å². The van der Waals surface area contributed by atoms with Crippen LogP contribution in [0.25, 0.3) is 0 Å². The molecule has 1 heterocycles. The van der Waals surface area contributed by atoms with Crippen molar-refractivity contribution < 1.29 is 19.5 Å². The molecule has 0 radical (unpaired) electrons. The van der Waals surface area contributed by atoms with Gasteiger partial charge in [-0.3, -0.25) is 14.4 Å². The predicted octanol–water partition coefficient (Wildman–Crippen LogP) is 0.326. The monoisotopic (exact) mass is 280 g/mol. The van der Waals surface area contributed by atoms with Crippen molar-refractivity contribution in [2.24, 2.45) is 0 Å². The number of carboxylic acids is 1. The SMILES string of the molecule is O=C(O)CNC(=O)CN1C(=O)CSc2ccccc21. The maximum Gasteiger partial charge on any atom is 0.322 e. The Labute approximate surface area is 113 Å². The van der Waals surface area contributed by atoms with Gasteiger partial charge in [-0.25, -0.2) is 0 Å². The number of carbonyl (C=O) groups is 3. The van der Waals surface area contributed by atoms with E-state index in [1.54, 1.807) is 12.1 Å². The van der Waals surface area contributed by atoms with Crippen LogP contribution >= 0.6 is 11.8 Å². The number of fused-ring (bicyclic) bond motifs is 1. The molecule has 100 valence electrons. The van der Waals surface area contributed by atoms with E-state index < -0.39 is 18.4 Å². The molecule has 0 saturated carbocycles. The maximum atomic E-state index is 11.8. The molecular formula is C12H12N2O4S. The maximum absolute atomic E-state index is 11.8. The summed E-state index contributed by atoms with van der Waals surface area (Å²) in [6, 6.07) is 7.31. The van der Waals surface area contributed by atoms with Crippen molar-refractivity contribution in [1.29, 1.82) is 0 Å². The first-order valence-corrected chi connectivity index (χ1v) is 6.57. The molecule has 0 atom stereocenters. The van der Waals surface area contributed by atoms with E-state index in [0.717, 1.165) is 4.90 Å². The molecule has 0 unspecified atom stereocenters. The zero-order valence-electron chi connectivity index (χ0n) is 9.96. The summed E-state index contributed by atoms with van der Waals surface area (Å²) in [6.07, 6.45) is 0. The van der Waals surface area contributed by atoms with Crippen LogP contribution in [0.3, 0.4) is 0 Å². The molecule has 0 saturated heterocycles. The first-order valence-electron chi connectivity index (χ1n) is 5.58. The number of hydrogen-bond acceptors (Lipinski definition) is 4. The third-order valence-corrected chi connectivity index (χ3v) is 3.59. The van der Waals surface area contributed by atoms with Crippen LogP contribution in [0.5, 0.6) is 0 Å². The van der Waals surface area contributed by atoms with Gasteiger partial charge in [0.1, 0.15) is 13.1 Å². The number of anilines is 1. The second kappa shape index (κ2) is 5.75. The molecule has 1 aliphatic rings. The van der Waals surface area contributed by atoms with E-state index in [1.807, 2.05) is 12.1 Å². The molecule has 19 heavy (non-hydrogen) atoms. The van der Waals surface area contributed by atoms with Gasteiger partial charge in [-0.05, 0) is 12.1 Å². The molecule has 1 aromatic carbocycles. The quantitative estimate of drug-likeness (QED) is 0.830. The van der Waals surface area contributed by atoms with Crippen molar-refractivity contribution in [3.8, 4) is 0 Å². The van der Waals surface area contributed by atoms with Crippen LogP contribution in [0.4, 0.5) is 5.69 Å². The summed E-state index contributed by atoms with van der Waals surface area (Å²) in [7, 11) is 0. The van der Waals surface area contributed by atoms with E-state index in [2.05, 4.69) is 5.32 Å². The Morgan fingerprint density at radius 3 is 2.84 bits per heavy atom. The minimum Gasteiger partial charge on any atom is -0.480 e. The second-order valence-electron chi connectivity index (χ2n) is 3.91. The van der Waals surface area contributed by atoms with Crippen LogP contribution in [0, 0.1) is 0 Å². The van der Waals surface area contributed by atoms with Crippen molar-refractivity contribution in [2.45, 2.75) is 4.90 Å². The number of rotatable bonds is 4. The van der Waals surface area contributed by atoms with E-state index in [9.17, 15) is 14.4 Å². The average Bonchev–Trinajstić information content (AvgIpc) is 2.40. The summed E-state index contributed by atoms with van der Waals surface area (Å²) in [5.74, 6) is -1.48. The molecule has 6 nitrogen and oxygen atoms in total. The Bertz CT molecular complexity index is 532. The molecule has 2 amide bonds. The molecular weight excluding hydrogens is 268 g/mol. The fourth-order valence-electron chi connectivity index (χ4n) is 1.70. The first kappa shape index (κ1) is 13.4. The number of carboxylic acid groups (broad SMARTS) is 1. The topological polar surface area (TPSA) is 86.7 Å². The summed E-state index contributed by atoms with van der Waals surface area (Å²) >= 11 is 1.43. The summed E-state index contributed by atoms with van der Waals surface area (Å²) in [5, 5.41) is 10.7. The van der Waals surface area contributed by atoms with Gasteiger partial charge in [-0.1, -0.05) is 12.1 Å². The summed E-state index contributed by atoms with van der Waals surface area (Å²) in [6.45, 7) is -0.610. The zero-order valence-corrected chi connectivity index (χ0v) is 10.8. The van der Waals surface area contributed by atoms with Crippen LogP contribution in [-0.4, -0.2) is 41.7 Å². The van der Waals surface area contributed by atoms with Gasteiger partial charge in [0, 0.05) is 4.90 Å². The molecule has 0 spiro atoms. The van der Waals surface area contributed by atoms with Crippen LogP contribution in [-0.2, 0) is 14.4 Å². The Morgan fingerprint density at radius 1 is 1.37 bits per heavy atom. The van der Waals surface area contributed by atoms with E-state index in [1.165, 1.54) is 16.7 Å². The molecule has 0 fully saturated rings. The summed E-state index contributed by atoms with van der Waals surface area (Å²) in [4.78, 5) is 36.1. The van der Waals surface area contributed by atoms with Crippen molar-refractivity contribution >= 4 is 35.2 Å². The number of benzene rings is 1. The molecule has 0 aliphatic carbocycles. The first-order chi connectivity index (χ1) is 9.08. The number of thioether (sulfide) groups is 1. The number of carbonyl (C=O) groups excluding carboxylic acids is 2. The summed E-state index contributed by atoms with van der Waals surface area (Å²) < 4.78 is 0. The third-order valence-electron chi connectivity index (χ3n) is 2.55. The highest BCUT2D eigenvalue weighted by Crippen LogP contribution is 2.34. The smallest absolute Gasteiger partial charge is 0.322 e. The lowest BCUT2D eigenvalue weighted by Crippen LogP contribution is -2.44. The molecule has 7 heteroatoms. The molecule has 2 rings (SSSR count). The molecule has 2 N–H and O–H groups in total. The van der Waals surface area contributed by atoms with Crippen molar-refractivity contribution in [2.75, 3.05) is 23.7 Å². The molecule has 0 aromatic heterocycles. The van der Waals surface area contributed by atoms with Gasteiger partial charge in [-0.2, -0.15) is 0 Å². The Balaban J connectivity index is 2.09.